The first-order chi connectivity index (χ1) is 17.8. The summed E-state index contributed by atoms with van der Waals surface area (Å²) in [5.74, 6) is -0.912. The first kappa shape index (κ1) is 24.3. The van der Waals surface area contributed by atoms with Crippen LogP contribution in [-0.4, -0.2) is 17.9 Å². The van der Waals surface area contributed by atoms with Gasteiger partial charge in [-0.25, -0.2) is 9.96 Å². The molecule has 3 atom stereocenters. The molecular weight excluding hydrogens is 558 g/mol. The maximum absolute atomic E-state index is 13.8. The van der Waals surface area contributed by atoms with Crippen LogP contribution >= 0.6 is 46.4 Å². The van der Waals surface area contributed by atoms with E-state index in [9.17, 15) is 9.59 Å². The van der Waals surface area contributed by atoms with E-state index in [2.05, 4.69) is 0 Å². The third-order valence-electron chi connectivity index (χ3n) is 6.40. The molecular formula is C27H16Cl4N2O4. The van der Waals surface area contributed by atoms with Crippen molar-refractivity contribution in [3.05, 3.63) is 105 Å². The maximum atomic E-state index is 13.8. The van der Waals surface area contributed by atoms with Crippen molar-refractivity contribution in [2.45, 2.75) is 12.1 Å². The topological polar surface area (TPSA) is 63.0 Å². The summed E-state index contributed by atoms with van der Waals surface area (Å²) in [5, 5.41) is 3.07. The number of hydroxylamine groups is 1. The molecule has 0 radical (unpaired) electrons. The van der Waals surface area contributed by atoms with E-state index < -0.39 is 29.9 Å². The molecule has 2 aliphatic rings. The summed E-state index contributed by atoms with van der Waals surface area (Å²) in [5.41, 5.74) is 1.59. The highest BCUT2D eigenvalue weighted by molar-refractivity contribution is 6.42. The second kappa shape index (κ2) is 9.39. The Labute approximate surface area is 231 Å². The summed E-state index contributed by atoms with van der Waals surface area (Å²) in [6, 6.07) is 21.6. The maximum Gasteiger partial charge on any atom is 0.266 e. The average molecular weight is 574 g/mol. The van der Waals surface area contributed by atoms with Crippen LogP contribution in [-0.2, 0) is 14.4 Å². The summed E-state index contributed by atoms with van der Waals surface area (Å²) in [4.78, 5) is 34.5. The zero-order valence-electron chi connectivity index (χ0n) is 18.8. The monoisotopic (exact) mass is 572 g/mol. The van der Waals surface area contributed by atoms with Crippen molar-refractivity contribution >= 4 is 69.6 Å². The van der Waals surface area contributed by atoms with Gasteiger partial charge in [0.05, 0.1) is 26.4 Å². The smallest absolute Gasteiger partial charge is 0.266 e. The number of fused-ring (bicyclic) bond motifs is 1. The lowest BCUT2D eigenvalue weighted by molar-refractivity contribution is -0.126. The molecule has 3 heterocycles. The molecule has 10 heteroatoms. The number of nitrogens with zero attached hydrogens (tertiary/aromatic N) is 2. The predicted molar refractivity (Wildman–Crippen MR) is 143 cm³/mol. The largest absolute Gasteiger partial charge is 0.459 e. The number of hydrogen-bond acceptors (Lipinski definition) is 5. The van der Waals surface area contributed by atoms with Gasteiger partial charge in [-0.05, 0) is 60.7 Å². The quantitative estimate of drug-likeness (QED) is 0.235. The van der Waals surface area contributed by atoms with Gasteiger partial charge in [0, 0.05) is 10.6 Å². The van der Waals surface area contributed by atoms with E-state index in [1.165, 1.54) is 12.1 Å². The standard InChI is InChI=1S/C27H16Cl4N2O4/c28-14-6-8-18(29)17(12-14)21-10-11-22(36-21)24-23-25(37-33(24)15-4-2-1-3-5-15)27(35)32(26(23)34)16-7-9-19(30)20(31)13-16/h1-13,23-25H/t23-,24-,25-/m1/s1. The second-order valence-corrected chi connectivity index (χ2v) is 10.3. The minimum atomic E-state index is -1.06. The molecule has 0 bridgehead atoms. The fourth-order valence-corrected chi connectivity index (χ4v) is 5.40. The van der Waals surface area contributed by atoms with E-state index >= 15 is 0 Å². The number of carbonyl (C=O) groups excluding carboxylic acids is 2. The van der Waals surface area contributed by atoms with Crippen LogP contribution in [0.4, 0.5) is 11.4 Å². The molecule has 6 nitrogen and oxygen atoms in total. The highest BCUT2D eigenvalue weighted by Gasteiger charge is 2.61. The van der Waals surface area contributed by atoms with Crippen molar-refractivity contribution < 1.29 is 18.8 Å². The van der Waals surface area contributed by atoms with Gasteiger partial charge in [0.2, 0.25) is 5.91 Å². The Balaban J connectivity index is 1.43. The number of imide groups is 1. The van der Waals surface area contributed by atoms with Gasteiger partial charge in [0.15, 0.2) is 6.10 Å². The molecule has 3 aromatic carbocycles. The number of anilines is 2. The molecule has 2 saturated heterocycles. The number of benzene rings is 3. The van der Waals surface area contributed by atoms with E-state index in [0.29, 0.717) is 43.5 Å². The summed E-state index contributed by atoms with van der Waals surface area (Å²) in [6.07, 6.45) is -1.06. The second-order valence-electron chi connectivity index (χ2n) is 8.59. The predicted octanol–water partition coefficient (Wildman–Crippen LogP) is 7.61. The number of amides is 2. The molecule has 6 rings (SSSR count). The van der Waals surface area contributed by atoms with E-state index in [-0.39, 0.29) is 5.02 Å². The molecule has 186 valence electrons. The highest BCUT2D eigenvalue weighted by Crippen LogP contribution is 2.49. The van der Waals surface area contributed by atoms with Crippen LogP contribution in [0.15, 0.2) is 83.3 Å². The molecule has 0 saturated carbocycles. The Morgan fingerprint density at radius 2 is 1.46 bits per heavy atom. The first-order valence-corrected chi connectivity index (χ1v) is 12.7. The van der Waals surface area contributed by atoms with Crippen LogP contribution in [0.2, 0.25) is 20.1 Å². The van der Waals surface area contributed by atoms with Gasteiger partial charge in [-0.3, -0.25) is 14.4 Å². The van der Waals surface area contributed by atoms with Crippen molar-refractivity contribution in [3.63, 3.8) is 0 Å². The van der Waals surface area contributed by atoms with Gasteiger partial charge in [-0.15, -0.1) is 0 Å². The molecule has 0 spiro atoms. The summed E-state index contributed by atoms with van der Waals surface area (Å²) < 4.78 is 6.22. The fraction of sp³-hybridized carbons (Fsp3) is 0.111. The van der Waals surface area contributed by atoms with E-state index in [0.717, 1.165) is 4.90 Å². The van der Waals surface area contributed by atoms with Gasteiger partial charge >= 0.3 is 0 Å². The Morgan fingerprint density at radius 1 is 0.703 bits per heavy atom. The summed E-state index contributed by atoms with van der Waals surface area (Å²) in [7, 11) is 0. The minimum Gasteiger partial charge on any atom is -0.459 e. The van der Waals surface area contributed by atoms with Crippen molar-refractivity contribution in [2.75, 3.05) is 9.96 Å². The number of rotatable bonds is 4. The number of hydrogen-bond donors (Lipinski definition) is 0. The Morgan fingerprint density at radius 3 is 2.22 bits per heavy atom. The Hall–Kier alpha value is -3.00. The van der Waals surface area contributed by atoms with Crippen LogP contribution in [0.25, 0.3) is 11.3 Å². The van der Waals surface area contributed by atoms with E-state index in [1.807, 2.05) is 30.3 Å². The van der Waals surface area contributed by atoms with Crippen molar-refractivity contribution in [2.24, 2.45) is 5.92 Å². The molecule has 2 fully saturated rings. The molecule has 0 aliphatic carbocycles. The molecule has 37 heavy (non-hydrogen) atoms. The van der Waals surface area contributed by atoms with Crippen molar-refractivity contribution in [1.82, 2.24) is 0 Å². The lowest BCUT2D eigenvalue weighted by atomic mass is 9.94. The molecule has 2 aliphatic heterocycles. The van der Waals surface area contributed by atoms with Crippen LogP contribution in [0.5, 0.6) is 0 Å². The average Bonchev–Trinajstić information content (AvgIpc) is 3.58. The summed E-state index contributed by atoms with van der Waals surface area (Å²) >= 11 is 24.8. The highest BCUT2D eigenvalue weighted by atomic mass is 35.5. The molecule has 2 amide bonds. The molecule has 0 N–H and O–H groups in total. The van der Waals surface area contributed by atoms with Gasteiger partial charge < -0.3 is 4.42 Å². The van der Waals surface area contributed by atoms with Crippen LogP contribution in [0.1, 0.15) is 11.8 Å². The first-order valence-electron chi connectivity index (χ1n) is 11.2. The van der Waals surface area contributed by atoms with Crippen LogP contribution in [0.3, 0.4) is 0 Å². The van der Waals surface area contributed by atoms with Crippen molar-refractivity contribution in [3.8, 4) is 11.3 Å². The molecule has 1 aromatic heterocycles. The Bertz CT molecular complexity index is 1540. The van der Waals surface area contributed by atoms with Gasteiger partial charge in [0.25, 0.3) is 5.91 Å². The number of carbonyl (C=O) groups is 2. The number of furan rings is 1. The van der Waals surface area contributed by atoms with Gasteiger partial charge in [0.1, 0.15) is 23.5 Å². The Kier molecular flexibility index (Phi) is 6.18. The van der Waals surface area contributed by atoms with Gasteiger partial charge in [-0.2, -0.15) is 0 Å². The number of para-hydroxylation sites is 1. The zero-order chi connectivity index (χ0) is 25.8. The van der Waals surface area contributed by atoms with Crippen LogP contribution < -0.4 is 9.96 Å². The number of halogens is 4. The fourth-order valence-electron chi connectivity index (χ4n) is 4.72. The zero-order valence-corrected chi connectivity index (χ0v) is 21.8. The third-order valence-corrected chi connectivity index (χ3v) is 7.70. The normalized spacial score (nSPS) is 21.1. The van der Waals surface area contributed by atoms with Crippen molar-refractivity contribution in [1.29, 1.82) is 0 Å². The lowest BCUT2D eigenvalue weighted by Gasteiger charge is -2.27. The minimum absolute atomic E-state index is 0.231. The third kappa shape index (κ3) is 4.10. The van der Waals surface area contributed by atoms with E-state index in [1.54, 1.807) is 41.5 Å². The summed E-state index contributed by atoms with van der Waals surface area (Å²) in [6.45, 7) is 0. The van der Waals surface area contributed by atoms with Gasteiger partial charge in [-0.1, -0.05) is 64.6 Å². The molecule has 4 aromatic rings. The lowest BCUT2D eigenvalue weighted by Crippen LogP contribution is -2.37. The molecule has 0 unspecified atom stereocenters. The van der Waals surface area contributed by atoms with E-state index in [4.69, 9.17) is 55.7 Å². The van der Waals surface area contributed by atoms with Crippen LogP contribution in [0, 0.1) is 5.92 Å². The SMILES string of the molecule is O=C1[C@@H]2[C@@H](c3ccc(-c4cc(Cl)ccc4Cl)o3)N(c3ccccc3)O[C@H]2C(=O)N1c1ccc(Cl)c(Cl)c1.